The van der Waals surface area contributed by atoms with Gasteiger partial charge in [0, 0.05) is 44.1 Å². The van der Waals surface area contributed by atoms with Gasteiger partial charge in [0.1, 0.15) is 10.7 Å². The number of aromatic nitrogens is 2. The average molecular weight is 381 g/mol. The number of hydrogen-bond donors (Lipinski definition) is 1. The van der Waals surface area contributed by atoms with Crippen molar-refractivity contribution >= 4 is 27.7 Å². The van der Waals surface area contributed by atoms with Gasteiger partial charge in [-0.2, -0.15) is 4.37 Å². The van der Waals surface area contributed by atoms with Crippen LogP contribution in [0.3, 0.4) is 0 Å². The molecule has 0 aliphatic carbocycles. The molecule has 1 aromatic carbocycles. The van der Waals surface area contributed by atoms with E-state index < -0.39 is 16.0 Å². The molecule has 136 valence electrons. The third kappa shape index (κ3) is 4.25. The maximum Gasteiger partial charge on any atom is 0.205 e. The molecule has 1 unspecified atom stereocenters. The second-order valence-electron chi connectivity index (χ2n) is 6.83. The van der Waals surface area contributed by atoms with Crippen molar-refractivity contribution in [2.75, 3.05) is 31.1 Å². The lowest BCUT2D eigenvalue weighted by Crippen LogP contribution is -2.56. The topological polar surface area (TPSA) is 69.6 Å². The van der Waals surface area contributed by atoms with Gasteiger partial charge in [-0.1, -0.05) is 29.8 Å². The Balaban J connectivity index is 1.60. The first-order valence-corrected chi connectivity index (χ1v) is 10.2. The zero-order valence-corrected chi connectivity index (χ0v) is 16.4. The second kappa shape index (κ2) is 7.49. The first-order valence-electron chi connectivity index (χ1n) is 8.35. The maximum atomic E-state index is 11.5. The van der Waals surface area contributed by atoms with Crippen molar-refractivity contribution in [2.24, 2.45) is 0 Å². The summed E-state index contributed by atoms with van der Waals surface area (Å²) in [5.41, 5.74) is 2.47. The van der Waals surface area contributed by atoms with Crippen molar-refractivity contribution in [3.63, 3.8) is 0 Å². The van der Waals surface area contributed by atoms with Crippen LogP contribution in [0.25, 0.3) is 0 Å². The summed E-state index contributed by atoms with van der Waals surface area (Å²) in [5, 5.41) is 0.935. The van der Waals surface area contributed by atoms with E-state index in [9.17, 15) is 8.76 Å². The summed E-state index contributed by atoms with van der Waals surface area (Å²) in [6.45, 7) is 8.76. The van der Waals surface area contributed by atoms with Crippen molar-refractivity contribution in [2.45, 2.75) is 32.1 Å². The lowest BCUT2D eigenvalue weighted by atomic mass is 10.1. The molecule has 8 heteroatoms. The number of piperazine rings is 1. The fourth-order valence-corrected chi connectivity index (χ4v) is 4.02. The molecule has 1 aromatic heterocycles. The Morgan fingerprint density at radius 1 is 1.20 bits per heavy atom. The summed E-state index contributed by atoms with van der Waals surface area (Å²) in [4.78, 5) is 8.24. The van der Waals surface area contributed by atoms with E-state index in [-0.39, 0.29) is 0 Å². The standard InChI is InChI=1S/C17H24N4O2S2/c1-13-4-6-14(7-5-13)12-15-18-16(24-19-15)20-8-10-21(11-9-20)17(2,3)25(22)23/h4-7H,8-12H2,1-3H3,(H,22,23). The highest BCUT2D eigenvalue weighted by atomic mass is 32.2. The molecule has 2 heterocycles. The predicted octanol–water partition coefficient (Wildman–Crippen LogP) is 2.52. The monoisotopic (exact) mass is 380 g/mol. The van der Waals surface area contributed by atoms with E-state index in [1.807, 2.05) is 13.8 Å². The lowest BCUT2D eigenvalue weighted by Gasteiger charge is -2.41. The van der Waals surface area contributed by atoms with Crippen LogP contribution >= 0.6 is 11.5 Å². The molecule has 3 rings (SSSR count). The molecule has 1 N–H and O–H groups in total. The zero-order valence-electron chi connectivity index (χ0n) is 14.8. The van der Waals surface area contributed by atoms with Gasteiger partial charge >= 0.3 is 0 Å². The van der Waals surface area contributed by atoms with E-state index in [0.29, 0.717) is 0 Å². The fourth-order valence-electron chi connectivity index (χ4n) is 2.88. The van der Waals surface area contributed by atoms with Crippen LogP contribution in [0.4, 0.5) is 5.13 Å². The molecular formula is C17H24N4O2S2. The molecule has 1 aliphatic heterocycles. The summed E-state index contributed by atoms with van der Waals surface area (Å²) >= 11 is -0.437. The van der Waals surface area contributed by atoms with Crippen LogP contribution in [0.15, 0.2) is 24.3 Å². The second-order valence-corrected chi connectivity index (χ2v) is 9.05. The molecule has 0 bridgehead atoms. The molecule has 1 saturated heterocycles. The highest BCUT2D eigenvalue weighted by Crippen LogP contribution is 2.24. The Morgan fingerprint density at radius 2 is 1.84 bits per heavy atom. The summed E-state index contributed by atoms with van der Waals surface area (Å²) in [7, 11) is 0. The quantitative estimate of drug-likeness (QED) is 0.804. The molecule has 1 fully saturated rings. The summed E-state index contributed by atoms with van der Waals surface area (Å²) in [5.74, 6) is 0.850. The van der Waals surface area contributed by atoms with Crippen LogP contribution in [0, 0.1) is 6.92 Å². The van der Waals surface area contributed by atoms with E-state index in [2.05, 4.69) is 50.3 Å². The molecule has 0 spiro atoms. The number of aryl methyl sites for hydroxylation is 1. The van der Waals surface area contributed by atoms with Gasteiger partial charge in [0.25, 0.3) is 0 Å². The lowest BCUT2D eigenvalue weighted by molar-refractivity contribution is 0.173. The van der Waals surface area contributed by atoms with Gasteiger partial charge in [-0.25, -0.2) is 9.19 Å². The van der Waals surface area contributed by atoms with Gasteiger partial charge in [-0.15, -0.1) is 0 Å². The average Bonchev–Trinajstić information content (AvgIpc) is 3.05. The van der Waals surface area contributed by atoms with Crippen molar-refractivity contribution in [3.8, 4) is 0 Å². The van der Waals surface area contributed by atoms with Crippen molar-refractivity contribution in [3.05, 3.63) is 41.2 Å². The van der Waals surface area contributed by atoms with Crippen LogP contribution in [0.5, 0.6) is 0 Å². The van der Waals surface area contributed by atoms with Crippen LogP contribution in [0.2, 0.25) is 0 Å². The minimum Gasteiger partial charge on any atom is -0.344 e. The minimum absolute atomic E-state index is 0.718. The van der Waals surface area contributed by atoms with E-state index in [1.165, 1.54) is 22.7 Å². The van der Waals surface area contributed by atoms with Gasteiger partial charge < -0.3 is 9.45 Å². The van der Waals surface area contributed by atoms with Gasteiger partial charge in [0.2, 0.25) is 5.13 Å². The molecule has 1 atom stereocenters. The SMILES string of the molecule is Cc1ccc(Cc2nsc(N3CCN(C(C)(C)S(=O)O)CC3)n2)cc1. The molecule has 25 heavy (non-hydrogen) atoms. The number of hydrogen-bond acceptors (Lipinski definition) is 6. The molecular weight excluding hydrogens is 356 g/mol. The van der Waals surface area contributed by atoms with E-state index in [0.717, 1.165) is 43.6 Å². The third-order valence-corrected chi connectivity index (χ3v) is 6.61. The van der Waals surface area contributed by atoms with Gasteiger partial charge in [-0.05, 0) is 26.3 Å². The molecule has 0 amide bonds. The van der Waals surface area contributed by atoms with Crippen LogP contribution in [-0.4, -0.2) is 54.1 Å². The molecule has 1 aliphatic rings. The first kappa shape index (κ1) is 18.4. The van der Waals surface area contributed by atoms with Crippen molar-refractivity contribution < 1.29 is 8.76 Å². The highest BCUT2D eigenvalue weighted by Gasteiger charge is 2.35. The normalized spacial score (nSPS) is 17.7. The summed E-state index contributed by atoms with van der Waals surface area (Å²) < 4.78 is 25.5. The maximum absolute atomic E-state index is 11.5. The van der Waals surface area contributed by atoms with Gasteiger partial charge in [0.15, 0.2) is 11.1 Å². The number of anilines is 1. The molecule has 2 aromatic rings. The van der Waals surface area contributed by atoms with Crippen LogP contribution in [0.1, 0.15) is 30.8 Å². The van der Waals surface area contributed by atoms with E-state index in [4.69, 9.17) is 0 Å². The van der Waals surface area contributed by atoms with Crippen LogP contribution < -0.4 is 4.90 Å². The number of benzene rings is 1. The Morgan fingerprint density at radius 3 is 2.44 bits per heavy atom. The van der Waals surface area contributed by atoms with Gasteiger partial charge in [-0.3, -0.25) is 4.90 Å². The van der Waals surface area contributed by atoms with Crippen molar-refractivity contribution in [1.29, 1.82) is 0 Å². The Labute approximate surface area is 155 Å². The first-order chi connectivity index (χ1) is 11.9. The zero-order chi connectivity index (χ0) is 18.0. The molecule has 0 radical (unpaired) electrons. The Bertz CT molecular complexity index is 737. The predicted molar refractivity (Wildman–Crippen MR) is 103 cm³/mol. The Kier molecular flexibility index (Phi) is 5.52. The fraction of sp³-hybridized carbons (Fsp3) is 0.529. The van der Waals surface area contributed by atoms with E-state index in [1.54, 1.807) is 0 Å². The summed E-state index contributed by atoms with van der Waals surface area (Å²) in [6, 6.07) is 8.45. The summed E-state index contributed by atoms with van der Waals surface area (Å²) in [6.07, 6.45) is 0.743. The number of rotatable bonds is 5. The van der Waals surface area contributed by atoms with Crippen LogP contribution in [-0.2, 0) is 17.5 Å². The molecule has 6 nitrogen and oxygen atoms in total. The largest absolute Gasteiger partial charge is 0.344 e. The Hall–Kier alpha value is -1.35. The minimum atomic E-state index is -1.87. The molecule has 0 saturated carbocycles. The van der Waals surface area contributed by atoms with E-state index >= 15 is 0 Å². The van der Waals surface area contributed by atoms with Crippen molar-refractivity contribution in [1.82, 2.24) is 14.3 Å². The smallest absolute Gasteiger partial charge is 0.205 e. The third-order valence-electron chi connectivity index (χ3n) is 4.68. The number of nitrogens with zero attached hydrogens (tertiary/aromatic N) is 4. The highest BCUT2D eigenvalue weighted by molar-refractivity contribution is 7.80. The van der Waals surface area contributed by atoms with Gasteiger partial charge in [0.05, 0.1) is 0 Å².